The summed E-state index contributed by atoms with van der Waals surface area (Å²) in [4.78, 5) is 15.8. The van der Waals surface area contributed by atoms with Crippen LogP contribution in [0.4, 0.5) is 0 Å². The Morgan fingerprint density at radius 3 is 2.10 bits per heavy atom. The topological polar surface area (TPSA) is 20.3 Å². The summed E-state index contributed by atoms with van der Waals surface area (Å²) < 4.78 is 0. The van der Waals surface area contributed by atoms with Crippen LogP contribution in [0, 0.1) is 0 Å². The Bertz CT molecular complexity index is 1130. The lowest BCUT2D eigenvalue weighted by Crippen LogP contribution is -2.38. The van der Waals surface area contributed by atoms with Crippen LogP contribution in [0.25, 0.3) is 10.8 Å². The van der Waals surface area contributed by atoms with Crippen molar-refractivity contribution >= 4 is 35.2 Å². The van der Waals surface area contributed by atoms with E-state index in [1.54, 1.807) is 0 Å². The van der Waals surface area contributed by atoms with Crippen molar-refractivity contribution < 1.29 is 4.79 Å². The number of fused-ring (bicyclic) bond motifs is 1. The molecule has 0 aliphatic carbocycles. The Kier molecular flexibility index (Phi) is 5.82. The van der Waals surface area contributed by atoms with Gasteiger partial charge in [-0.2, -0.15) is 0 Å². The summed E-state index contributed by atoms with van der Waals surface area (Å²) in [5.41, 5.74) is 0.828. The Labute approximate surface area is 185 Å². The number of hydrogen-bond donors (Lipinski definition) is 0. The number of nitrogens with zero attached hydrogens (tertiary/aromatic N) is 1. The van der Waals surface area contributed by atoms with Gasteiger partial charge in [-0.05, 0) is 54.4 Å². The minimum atomic E-state index is -0.511. The Morgan fingerprint density at radius 2 is 1.39 bits per heavy atom. The third-order valence-corrected chi connectivity index (χ3v) is 8.82. The molecular formula is C28H26NOP. The first-order valence-electron chi connectivity index (χ1n) is 11.0. The molecule has 0 bridgehead atoms. The second-order valence-corrected chi connectivity index (χ2v) is 10.4. The van der Waals surface area contributed by atoms with Crippen LogP contribution in [-0.2, 0) is 0 Å². The molecule has 2 nitrogen and oxygen atoms in total. The van der Waals surface area contributed by atoms with Gasteiger partial charge >= 0.3 is 0 Å². The average Bonchev–Trinajstić information content (AvgIpc) is 3.31. The highest BCUT2D eigenvalue weighted by Gasteiger charge is 2.32. The van der Waals surface area contributed by atoms with E-state index in [0.717, 1.165) is 41.9 Å². The van der Waals surface area contributed by atoms with E-state index in [0.29, 0.717) is 0 Å². The minimum Gasteiger partial charge on any atom is -0.335 e. The van der Waals surface area contributed by atoms with E-state index in [4.69, 9.17) is 0 Å². The molecule has 1 atom stereocenters. The third-order valence-electron chi connectivity index (χ3n) is 6.19. The summed E-state index contributed by atoms with van der Waals surface area (Å²) >= 11 is 0. The van der Waals surface area contributed by atoms with Crippen LogP contribution >= 0.6 is 7.92 Å². The number of rotatable bonds is 5. The largest absolute Gasteiger partial charge is 0.335 e. The predicted octanol–water partition coefficient (Wildman–Crippen LogP) is 5.58. The number of amides is 1. The van der Waals surface area contributed by atoms with E-state index >= 15 is 0 Å². The molecule has 1 aliphatic rings. The molecule has 1 fully saturated rings. The van der Waals surface area contributed by atoms with Crippen molar-refractivity contribution in [1.29, 1.82) is 0 Å². The lowest BCUT2D eigenvalue weighted by atomic mass is 10.0. The Balaban J connectivity index is 1.46. The molecule has 4 aromatic carbocycles. The molecule has 0 N–H and O–H groups in total. The molecule has 0 aromatic heterocycles. The van der Waals surface area contributed by atoms with Crippen molar-refractivity contribution in [2.75, 3.05) is 12.7 Å². The van der Waals surface area contributed by atoms with E-state index in [1.165, 1.54) is 10.6 Å². The van der Waals surface area contributed by atoms with Crippen molar-refractivity contribution in [2.45, 2.75) is 18.9 Å². The molecule has 31 heavy (non-hydrogen) atoms. The van der Waals surface area contributed by atoms with E-state index in [1.807, 2.05) is 24.3 Å². The van der Waals surface area contributed by atoms with E-state index in [-0.39, 0.29) is 11.9 Å². The first kappa shape index (κ1) is 20.0. The van der Waals surface area contributed by atoms with E-state index in [9.17, 15) is 4.79 Å². The summed E-state index contributed by atoms with van der Waals surface area (Å²) in [5.74, 6) is 0.176. The molecular weight excluding hydrogens is 397 g/mol. The van der Waals surface area contributed by atoms with Gasteiger partial charge in [0.15, 0.2) is 0 Å². The first-order chi connectivity index (χ1) is 15.3. The monoisotopic (exact) mass is 423 g/mol. The van der Waals surface area contributed by atoms with Crippen molar-refractivity contribution in [2.24, 2.45) is 0 Å². The maximum Gasteiger partial charge on any atom is 0.254 e. The molecule has 0 unspecified atom stereocenters. The summed E-state index contributed by atoms with van der Waals surface area (Å²) in [6, 6.07) is 36.2. The van der Waals surface area contributed by atoms with E-state index < -0.39 is 7.92 Å². The van der Waals surface area contributed by atoms with Gasteiger partial charge in [0.25, 0.3) is 5.91 Å². The maximum absolute atomic E-state index is 13.7. The molecule has 1 saturated heterocycles. The normalized spacial score (nSPS) is 16.2. The second kappa shape index (κ2) is 9.04. The second-order valence-electron chi connectivity index (χ2n) is 8.10. The SMILES string of the molecule is O=C(c1cccc2ccccc12)N1CCC[C@H]1CP(c1ccccc1)c1ccccc1. The van der Waals surface area contributed by atoms with Crippen LogP contribution in [0.2, 0.25) is 0 Å². The van der Waals surface area contributed by atoms with Crippen molar-refractivity contribution in [3.05, 3.63) is 109 Å². The summed E-state index contributed by atoms with van der Waals surface area (Å²) in [5, 5.41) is 4.94. The molecule has 1 aliphatic heterocycles. The third kappa shape index (κ3) is 4.13. The molecule has 1 amide bonds. The fourth-order valence-corrected chi connectivity index (χ4v) is 7.23. The zero-order chi connectivity index (χ0) is 21.0. The molecule has 4 aromatic rings. The number of hydrogen-bond acceptors (Lipinski definition) is 1. The van der Waals surface area contributed by atoms with Gasteiger partial charge in [-0.1, -0.05) is 97.1 Å². The van der Waals surface area contributed by atoms with Crippen LogP contribution in [-0.4, -0.2) is 29.6 Å². The van der Waals surface area contributed by atoms with Crippen LogP contribution in [0.3, 0.4) is 0 Å². The van der Waals surface area contributed by atoms with Crippen molar-refractivity contribution in [3.63, 3.8) is 0 Å². The van der Waals surface area contributed by atoms with Crippen LogP contribution in [0.15, 0.2) is 103 Å². The van der Waals surface area contributed by atoms with Crippen LogP contribution in [0.1, 0.15) is 23.2 Å². The molecule has 0 saturated carbocycles. The molecule has 0 radical (unpaired) electrons. The van der Waals surface area contributed by atoms with E-state index in [2.05, 4.69) is 83.8 Å². The summed E-state index contributed by atoms with van der Waals surface area (Å²) in [6.45, 7) is 0.847. The number of likely N-dealkylation sites (tertiary alicyclic amines) is 1. The first-order valence-corrected chi connectivity index (χ1v) is 12.5. The molecule has 154 valence electrons. The highest BCUT2D eigenvalue weighted by molar-refractivity contribution is 7.73. The summed E-state index contributed by atoms with van der Waals surface area (Å²) in [6.07, 6.45) is 3.17. The maximum atomic E-state index is 13.7. The number of carbonyl (C=O) groups is 1. The quantitative estimate of drug-likeness (QED) is 0.384. The van der Waals surface area contributed by atoms with Crippen LogP contribution in [0.5, 0.6) is 0 Å². The highest BCUT2D eigenvalue weighted by Crippen LogP contribution is 2.38. The van der Waals surface area contributed by atoms with Gasteiger partial charge in [-0.25, -0.2) is 0 Å². The van der Waals surface area contributed by atoms with Crippen molar-refractivity contribution in [3.8, 4) is 0 Å². The van der Waals surface area contributed by atoms with Gasteiger partial charge in [-0.15, -0.1) is 0 Å². The number of benzene rings is 4. The fraction of sp³-hybridized carbons (Fsp3) is 0.179. The van der Waals surface area contributed by atoms with Gasteiger partial charge in [-0.3, -0.25) is 4.79 Å². The molecule has 5 rings (SSSR count). The van der Waals surface area contributed by atoms with Gasteiger partial charge in [0.2, 0.25) is 0 Å². The standard InChI is InChI=1S/C28H26NOP/c30-28(27-19-9-12-22-11-7-8-18-26(22)27)29-20-10-13-23(29)21-31(24-14-3-1-4-15-24)25-16-5-2-6-17-25/h1-9,11-12,14-19,23H,10,13,20-21H2/t23-/m0/s1. The lowest BCUT2D eigenvalue weighted by molar-refractivity contribution is 0.0751. The lowest BCUT2D eigenvalue weighted by Gasteiger charge is -2.29. The van der Waals surface area contributed by atoms with Gasteiger partial charge in [0.05, 0.1) is 0 Å². The predicted molar refractivity (Wildman–Crippen MR) is 132 cm³/mol. The molecule has 1 heterocycles. The Hall–Kier alpha value is -2.96. The zero-order valence-corrected chi connectivity index (χ0v) is 18.4. The summed E-state index contributed by atoms with van der Waals surface area (Å²) in [7, 11) is -0.511. The zero-order valence-electron chi connectivity index (χ0n) is 17.5. The van der Waals surface area contributed by atoms with Crippen molar-refractivity contribution in [1.82, 2.24) is 4.90 Å². The molecule has 0 spiro atoms. The average molecular weight is 423 g/mol. The smallest absolute Gasteiger partial charge is 0.254 e. The highest BCUT2D eigenvalue weighted by atomic mass is 31.1. The van der Waals surface area contributed by atoms with Gasteiger partial charge in [0, 0.05) is 18.2 Å². The Morgan fingerprint density at radius 1 is 0.774 bits per heavy atom. The number of carbonyl (C=O) groups excluding carboxylic acids is 1. The minimum absolute atomic E-state index is 0.176. The van der Waals surface area contributed by atoms with Crippen LogP contribution < -0.4 is 10.6 Å². The van der Waals surface area contributed by atoms with Gasteiger partial charge < -0.3 is 4.90 Å². The van der Waals surface area contributed by atoms with Gasteiger partial charge in [0.1, 0.15) is 0 Å². The fourth-order valence-electron chi connectivity index (χ4n) is 4.65. The molecule has 3 heteroatoms.